The van der Waals surface area contributed by atoms with Crippen LogP contribution in [0.1, 0.15) is 66.7 Å². The number of β-amino-alcohol motifs (C(OH)–C–C–N with tert-alkyl or cyclic N) is 1. The van der Waals surface area contributed by atoms with Gasteiger partial charge in [-0.3, -0.25) is 43.2 Å². The molecule has 2 fully saturated rings. The van der Waals surface area contributed by atoms with E-state index in [1.165, 1.54) is 13.8 Å². The smallest absolute Gasteiger partial charge is 0.248 e. The molecule has 1 unspecified atom stereocenters. The number of nitrogens with one attached hydrogen (secondary N) is 8. The Morgan fingerprint density at radius 2 is 1.55 bits per heavy atom. The normalized spacial score (nSPS) is 20.0. The average molecular weight is 988 g/mol. The molecule has 26 heteroatoms. The topological polar surface area (TPSA) is 389 Å². The van der Waals surface area contributed by atoms with Crippen molar-refractivity contribution in [2.24, 2.45) is 23.3 Å². The highest BCUT2D eigenvalue weighted by Gasteiger charge is 2.44. The first kappa shape index (κ1) is 58.1. The molecule has 2 heterocycles. The third-order valence-corrected chi connectivity index (χ3v) is 13.7. The van der Waals surface area contributed by atoms with Crippen molar-refractivity contribution in [3.63, 3.8) is 0 Å². The van der Waals surface area contributed by atoms with Crippen LogP contribution >= 0.6 is 11.8 Å². The van der Waals surface area contributed by atoms with Crippen LogP contribution in [0, 0.1) is 11.8 Å². The van der Waals surface area contributed by atoms with E-state index in [0.717, 1.165) is 30.8 Å². The molecular weight excluding hydrogens is 919 g/mol. The second-order valence-corrected chi connectivity index (χ2v) is 19.4. The van der Waals surface area contributed by atoms with Crippen LogP contribution in [0.5, 0.6) is 0 Å². The molecule has 0 spiro atoms. The number of amides is 9. The maximum atomic E-state index is 14.1. The van der Waals surface area contributed by atoms with Gasteiger partial charge in [0.1, 0.15) is 29.9 Å². The number of nitrogens with two attached hydrogens (primary N) is 2. The van der Waals surface area contributed by atoms with Crippen LogP contribution in [0.4, 0.5) is 0 Å². The summed E-state index contributed by atoms with van der Waals surface area (Å²) in [5, 5.41) is 51.0. The Balaban J connectivity index is 2.37. The summed E-state index contributed by atoms with van der Waals surface area (Å²) in [4.78, 5) is 118. The van der Waals surface area contributed by atoms with E-state index in [9.17, 15) is 63.0 Å². The zero-order valence-electron chi connectivity index (χ0n) is 38.6. The molecule has 67 heavy (non-hydrogen) atoms. The highest BCUT2D eigenvalue weighted by Crippen LogP contribution is 2.22. The number of carbonyl (C=O) groups is 9. The van der Waals surface area contributed by atoms with Gasteiger partial charge in [0.05, 0.1) is 38.3 Å². The maximum absolute atomic E-state index is 14.1. The van der Waals surface area contributed by atoms with Gasteiger partial charge in [0.2, 0.25) is 58.2 Å². The Kier molecular flexibility index (Phi) is 25.2. The quantitative estimate of drug-likeness (QED) is 0.0326. The first-order valence-corrected chi connectivity index (χ1v) is 24.3. The van der Waals surface area contributed by atoms with E-state index in [0.29, 0.717) is 23.1 Å². The lowest BCUT2D eigenvalue weighted by atomic mass is 9.95. The van der Waals surface area contributed by atoms with E-state index in [1.807, 2.05) is 6.08 Å². The number of thioether (sulfide) groups is 1. The number of allylic oxidation sites excluding steroid dienone is 1. The molecule has 0 radical (unpaired) electrons. The number of carbonyl (C=O) groups excluding carboxylic acids is 9. The lowest BCUT2D eigenvalue weighted by Crippen LogP contribution is -2.60. The molecule has 0 saturated carbocycles. The number of aliphatic hydroxyl groups is 3. The van der Waals surface area contributed by atoms with E-state index < -0.39 is 157 Å². The van der Waals surface area contributed by atoms with Gasteiger partial charge >= 0.3 is 0 Å². The number of likely N-dealkylation sites (tertiary alicyclic amines) is 1. The largest absolute Gasteiger partial charge is 0.610 e. The molecule has 9 amide bonds. The van der Waals surface area contributed by atoms with Gasteiger partial charge in [-0.1, -0.05) is 33.3 Å². The number of hydrogen-bond acceptors (Lipinski definition) is 16. The monoisotopic (exact) mass is 987 g/mol. The fourth-order valence-electron chi connectivity index (χ4n) is 6.97. The molecular formula is C41H69N11O13S2. The third-order valence-electron chi connectivity index (χ3n) is 11.1. The third kappa shape index (κ3) is 20.0. The van der Waals surface area contributed by atoms with Crippen molar-refractivity contribution in [1.29, 1.82) is 0 Å². The molecule has 378 valence electrons. The second kappa shape index (κ2) is 29.0. The highest BCUT2D eigenvalue weighted by molar-refractivity contribution is 8.00. The number of piperidine rings is 1. The van der Waals surface area contributed by atoms with Crippen LogP contribution in [0.2, 0.25) is 0 Å². The molecule has 24 nitrogen and oxygen atoms in total. The molecule has 0 aliphatic carbocycles. The van der Waals surface area contributed by atoms with Gasteiger partial charge in [0.25, 0.3) is 0 Å². The fraction of sp³-hybridized carbons (Fsp3) is 0.683. The standard InChI is InChI=1S/C41H69N11O13S2/c1-7-21(2)35(50-34(59)16-45-24(5)54)40(63)46-17-33(58)48-29(20-67(65)25(6)47-22(3)10-13-66-27-8-11-44-12-9-27)38(61)49-28(15-32(42)57)41(64)52-18-26(55)14-30(52)39(62)51-36(37(43)60)23(4)31(56)19-53/h10,21,23,26-31,35-36,44,47,53,55-56H,6-9,11-20H2,1-5H3,(H2,42,57)(H2,43,60)(H,45,54)(H,46,63)(H,48,58)(H,49,61)(H,50,59)(H,51,62)/b22-10-/t21-,23-,26+,28-,29-,30-,31-,35-,36-,67?/m0/s1. The van der Waals surface area contributed by atoms with Crippen LogP contribution in [-0.4, -0.2) is 176 Å². The zero-order valence-corrected chi connectivity index (χ0v) is 40.2. The number of aliphatic hydroxyl groups excluding tert-OH is 3. The van der Waals surface area contributed by atoms with E-state index in [-0.39, 0.29) is 11.4 Å². The van der Waals surface area contributed by atoms with Crippen molar-refractivity contribution in [2.75, 3.05) is 50.8 Å². The van der Waals surface area contributed by atoms with Crippen LogP contribution in [0.25, 0.3) is 0 Å². The van der Waals surface area contributed by atoms with Gasteiger partial charge in [-0.25, -0.2) is 0 Å². The minimum atomic E-state index is -2.12. The summed E-state index contributed by atoms with van der Waals surface area (Å²) in [7, 11) is 0. The van der Waals surface area contributed by atoms with Gasteiger partial charge in [-0.2, -0.15) is 11.8 Å². The number of nitrogens with zero attached hydrogens (tertiary/aromatic N) is 1. The van der Waals surface area contributed by atoms with Gasteiger partial charge in [0.15, 0.2) is 6.04 Å². The number of hydrogen-bond donors (Lipinski definition) is 13. The Morgan fingerprint density at radius 3 is 2.13 bits per heavy atom. The van der Waals surface area contributed by atoms with Crippen molar-refractivity contribution >= 4 is 76.1 Å². The highest BCUT2D eigenvalue weighted by atomic mass is 32.2. The zero-order chi connectivity index (χ0) is 50.5. The Labute approximate surface area is 397 Å². The Hall–Kier alpha value is -4.99. The summed E-state index contributed by atoms with van der Waals surface area (Å²) < 4.78 is 13.7. The predicted molar refractivity (Wildman–Crippen MR) is 248 cm³/mol. The van der Waals surface area contributed by atoms with Gasteiger partial charge in [-0.15, -0.1) is 0 Å². The van der Waals surface area contributed by atoms with Crippen molar-refractivity contribution in [1.82, 2.24) is 47.4 Å². The predicted octanol–water partition coefficient (Wildman–Crippen LogP) is -5.27. The van der Waals surface area contributed by atoms with E-state index in [4.69, 9.17) is 11.5 Å². The SMILES string of the molecule is C=C(N/C(C)=C\CSC1CCNCC1)[S+]([O-])C[C@H](NC(=O)CNC(=O)[C@@H](NC(=O)CNC(C)=O)[C@@H](C)CC)C(=O)N[C@@H](CC(N)=O)C(=O)N1C[C@H](O)C[C@H]1C(=O)N[C@H](C(N)=O)[C@@H](C)[C@@H](O)CO. The molecule has 2 aliphatic heterocycles. The summed E-state index contributed by atoms with van der Waals surface area (Å²) >= 11 is -0.356. The molecule has 15 N–H and O–H groups in total. The van der Waals surface area contributed by atoms with Crippen molar-refractivity contribution in [2.45, 2.75) is 114 Å². The van der Waals surface area contributed by atoms with Crippen LogP contribution in [0.3, 0.4) is 0 Å². The molecule has 0 aromatic rings. The van der Waals surface area contributed by atoms with E-state index in [2.05, 4.69) is 49.1 Å². The molecule has 2 rings (SSSR count). The molecule has 2 aliphatic rings. The van der Waals surface area contributed by atoms with Crippen molar-refractivity contribution in [3.8, 4) is 0 Å². The van der Waals surface area contributed by atoms with Crippen LogP contribution < -0.4 is 54.0 Å². The molecule has 2 saturated heterocycles. The van der Waals surface area contributed by atoms with Crippen molar-refractivity contribution < 1.29 is 63.0 Å². The average Bonchev–Trinajstić information content (AvgIpc) is 3.68. The summed E-state index contributed by atoms with van der Waals surface area (Å²) in [6.07, 6.45) is 0.358. The lowest BCUT2D eigenvalue weighted by Gasteiger charge is -2.31. The summed E-state index contributed by atoms with van der Waals surface area (Å²) in [5.41, 5.74) is 11.5. The first-order valence-electron chi connectivity index (χ1n) is 21.9. The summed E-state index contributed by atoms with van der Waals surface area (Å²) in [6.45, 7) is 11.0. The van der Waals surface area contributed by atoms with Crippen LogP contribution in [0.15, 0.2) is 23.4 Å². The minimum absolute atomic E-state index is 0.0490. The lowest BCUT2D eigenvalue weighted by molar-refractivity contribution is -0.143. The molecule has 0 bridgehead atoms. The maximum Gasteiger partial charge on any atom is 0.248 e. The Bertz CT molecular complexity index is 1800. The minimum Gasteiger partial charge on any atom is -0.610 e. The van der Waals surface area contributed by atoms with Gasteiger partial charge < -0.3 is 78.8 Å². The Morgan fingerprint density at radius 1 is 0.925 bits per heavy atom. The second-order valence-electron chi connectivity index (χ2n) is 16.5. The van der Waals surface area contributed by atoms with Gasteiger partial charge in [-0.05, 0) is 45.4 Å². The summed E-state index contributed by atoms with van der Waals surface area (Å²) in [5.74, 6) is -9.84. The number of primary amides is 2. The van der Waals surface area contributed by atoms with Gasteiger partial charge in [0, 0.05) is 53.7 Å². The summed E-state index contributed by atoms with van der Waals surface area (Å²) in [6, 6.07) is -7.74. The number of rotatable bonds is 28. The van der Waals surface area contributed by atoms with E-state index >= 15 is 0 Å². The van der Waals surface area contributed by atoms with E-state index in [1.54, 1.807) is 32.5 Å². The first-order chi connectivity index (χ1) is 31.5. The van der Waals surface area contributed by atoms with Crippen LogP contribution in [-0.2, 0) is 54.3 Å². The fourth-order valence-corrected chi connectivity index (χ4v) is 9.17. The molecule has 0 aromatic heterocycles. The molecule has 10 atom stereocenters. The molecule has 0 aromatic carbocycles. The van der Waals surface area contributed by atoms with Crippen molar-refractivity contribution in [3.05, 3.63) is 23.4 Å².